The Balaban J connectivity index is 1.78. The first kappa shape index (κ1) is 13.8. The summed E-state index contributed by atoms with van der Waals surface area (Å²) in [6.07, 6.45) is 2.56. The lowest BCUT2D eigenvalue weighted by atomic mass is 9.96. The molecule has 1 saturated heterocycles. The van der Waals surface area contributed by atoms with E-state index in [0.29, 0.717) is 0 Å². The van der Waals surface area contributed by atoms with Crippen LogP contribution in [0.4, 0.5) is 5.13 Å². The van der Waals surface area contributed by atoms with E-state index in [1.54, 1.807) is 11.3 Å². The Kier molecular flexibility index (Phi) is 4.28. The molecule has 3 nitrogen and oxygen atoms in total. The molecule has 4 heteroatoms. The Morgan fingerprint density at radius 3 is 2.56 bits per heavy atom. The second kappa shape index (κ2) is 5.57. The number of hydrogen-bond donors (Lipinski definition) is 1. The molecule has 1 aliphatic heterocycles. The van der Waals surface area contributed by atoms with Gasteiger partial charge in [-0.1, -0.05) is 0 Å². The first-order valence-corrected chi connectivity index (χ1v) is 7.74. The molecule has 0 unspecified atom stereocenters. The first-order valence-electron chi connectivity index (χ1n) is 6.86. The lowest BCUT2D eigenvalue weighted by Crippen LogP contribution is -2.42. The zero-order valence-electron chi connectivity index (χ0n) is 12.0. The van der Waals surface area contributed by atoms with E-state index in [-0.39, 0.29) is 5.54 Å². The SMILES string of the molecule is Cc1csc(N2CCC(CNC(C)(C)C)CC2)n1. The topological polar surface area (TPSA) is 28.2 Å². The van der Waals surface area contributed by atoms with Crippen molar-refractivity contribution in [3.8, 4) is 0 Å². The van der Waals surface area contributed by atoms with Crippen LogP contribution in [0.3, 0.4) is 0 Å². The van der Waals surface area contributed by atoms with Gasteiger partial charge in [0.2, 0.25) is 0 Å². The molecule has 1 fully saturated rings. The second-order valence-corrected chi connectivity index (χ2v) is 7.17. The van der Waals surface area contributed by atoms with Gasteiger partial charge in [0.15, 0.2) is 5.13 Å². The fraction of sp³-hybridized carbons (Fsp3) is 0.786. The van der Waals surface area contributed by atoms with Crippen LogP contribution in [0.5, 0.6) is 0 Å². The van der Waals surface area contributed by atoms with Crippen LogP contribution in [0.1, 0.15) is 39.3 Å². The number of aryl methyl sites for hydroxylation is 1. The summed E-state index contributed by atoms with van der Waals surface area (Å²) in [5.41, 5.74) is 1.38. The number of hydrogen-bond acceptors (Lipinski definition) is 4. The van der Waals surface area contributed by atoms with Crippen molar-refractivity contribution < 1.29 is 0 Å². The molecule has 1 aromatic heterocycles. The van der Waals surface area contributed by atoms with E-state index in [1.165, 1.54) is 18.0 Å². The van der Waals surface area contributed by atoms with Gasteiger partial charge >= 0.3 is 0 Å². The standard InChI is InChI=1S/C14H25N3S/c1-11-10-18-13(16-11)17-7-5-12(6-8-17)9-15-14(2,3)4/h10,12,15H,5-9H2,1-4H3. The van der Waals surface area contributed by atoms with Crippen LogP contribution in [-0.4, -0.2) is 30.2 Å². The van der Waals surface area contributed by atoms with Crippen LogP contribution in [0, 0.1) is 12.8 Å². The fourth-order valence-electron chi connectivity index (χ4n) is 2.27. The summed E-state index contributed by atoms with van der Waals surface area (Å²) in [5, 5.41) is 6.96. The number of aromatic nitrogens is 1. The van der Waals surface area contributed by atoms with E-state index in [0.717, 1.165) is 31.2 Å². The van der Waals surface area contributed by atoms with Crippen LogP contribution >= 0.6 is 11.3 Å². The lowest BCUT2D eigenvalue weighted by molar-refractivity contribution is 0.329. The molecule has 1 aliphatic rings. The molecule has 2 rings (SSSR count). The van der Waals surface area contributed by atoms with E-state index in [9.17, 15) is 0 Å². The summed E-state index contributed by atoms with van der Waals surface area (Å²) in [6, 6.07) is 0. The maximum Gasteiger partial charge on any atom is 0.185 e. The predicted molar refractivity (Wildman–Crippen MR) is 79.5 cm³/mol. The molecule has 0 bridgehead atoms. The van der Waals surface area contributed by atoms with Crippen LogP contribution in [0.2, 0.25) is 0 Å². The maximum absolute atomic E-state index is 4.57. The molecule has 2 heterocycles. The number of anilines is 1. The van der Waals surface area contributed by atoms with E-state index in [2.05, 4.69) is 48.3 Å². The highest BCUT2D eigenvalue weighted by atomic mass is 32.1. The van der Waals surface area contributed by atoms with E-state index < -0.39 is 0 Å². The molecule has 0 spiro atoms. The van der Waals surface area contributed by atoms with Crippen LogP contribution < -0.4 is 10.2 Å². The number of nitrogens with zero attached hydrogens (tertiary/aromatic N) is 2. The molecule has 102 valence electrons. The number of nitrogens with one attached hydrogen (secondary N) is 1. The van der Waals surface area contributed by atoms with Gasteiger partial charge in [0.05, 0.1) is 5.69 Å². The van der Waals surface area contributed by atoms with E-state index >= 15 is 0 Å². The zero-order valence-corrected chi connectivity index (χ0v) is 12.8. The normalized spacial score (nSPS) is 18.3. The number of piperidine rings is 1. The summed E-state index contributed by atoms with van der Waals surface area (Å²) in [6.45, 7) is 12.2. The third kappa shape index (κ3) is 3.95. The quantitative estimate of drug-likeness (QED) is 0.912. The highest BCUT2D eigenvalue weighted by molar-refractivity contribution is 7.13. The fourth-order valence-corrected chi connectivity index (χ4v) is 3.12. The van der Waals surface area contributed by atoms with Crippen molar-refractivity contribution in [3.05, 3.63) is 11.1 Å². The van der Waals surface area contributed by atoms with Crippen molar-refractivity contribution in [2.75, 3.05) is 24.5 Å². The summed E-state index contributed by atoms with van der Waals surface area (Å²) in [4.78, 5) is 7.01. The molecule has 0 atom stereocenters. The monoisotopic (exact) mass is 267 g/mol. The van der Waals surface area contributed by atoms with Gasteiger partial charge in [-0.3, -0.25) is 0 Å². The maximum atomic E-state index is 4.57. The molecule has 18 heavy (non-hydrogen) atoms. The predicted octanol–water partition coefficient (Wildman–Crippen LogP) is 3.06. The van der Waals surface area contributed by atoms with Crippen LogP contribution in [0.15, 0.2) is 5.38 Å². The Morgan fingerprint density at radius 1 is 1.39 bits per heavy atom. The third-order valence-corrected chi connectivity index (χ3v) is 4.43. The van der Waals surface area contributed by atoms with Crippen molar-refractivity contribution in [1.82, 2.24) is 10.3 Å². The largest absolute Gasteiger partial charge is 0.348 e. The summed E-state index contributed by atoms with van der Waals surface area (Å²) < 4.78 is 0. The number of thiazole rings is 1. The van der Waals surface area contributed by atoms with Gasteiger partial charge in [0.1, 0.15) is 0 Å². The molecular formula is C14H25N3S. The average molecular weight is 267 g/mol. The number of rotatable bonds is 3. The molecule has 0 aliphatic carbocycles. The van der Waals surface area contributed by atoms with Gasteiger partial charge < -0.3 is 10.2 Å². The zero-order chi connectivity index (χ0) is 13.2. The highest BCUT2D eigenvalue weighted by Crippen LogP contribution is 2.26. The first-order chi connectivity index (χ1) is 8.44. The van der Waals surface area contributed by atoms with Gasteiger partial charge in [-0.05, 0) is 53.0 Å². The third-order valence-electron chi connectivity index (χ3n) is 3.41. The van der Waals surface area contributed by atoms with Crippen molar-refractivity contribution >= 4 is 16.5 Å². The molecule has 1 aromatic rings. The molecule has 0 radical (unpaired) electrons. The second-order valence-electron chi connectivity index (χ2n) is 6.33. The van der Waals surface area contributed by atoms with Crippen molar-refractivity contribution in [2.45, 2.75) is 46.1 Å². The van der Waals surface area contributed by atoms with E-state index in [4.69, 9.17) is 0 Å². The van der Waals surface area contributed by atoms with Gasteiger partial charge in [-0.15, -0.1) is 11.3 Å². The minimum absolute atomic E-state index is 0.240. The molecule has 0 saturated carbocycles. The Labute approximate surface area is 115 Å². The van der Waals surface area contributed by atoms with Gasteiger partial charge in [-0.25, -0.2) is 4.98 Å². The minimum Gasteiger partial charge on any atom is -0.348 e. The molecular weight excluding hydrogens is 242 g/mol. The van der Waals surface area contributed by atoms with Crippen LogP contribution in [0.25, 0.3) is 0 Å². The smallest absolute Gasteiger partial charge is 0.185 e. The minimum atomic E-state index is 0.240. The molecule has 0 aromatic carbocycles. The Morgan fingerprint density at radius 2 is 2.06 bits per heavy atom. The average Bonchev–Trinajstić information content (AvgIpc) is 2.73. The summed E-state index contributed by atoms with van der Waals surface area (Å²) in [7, 11) is 0. The van der Waals surface area contributed by atoms with Gasteiger partial charge in [0.25, 0.3) is 0 Å². The summed E-state index contributed by atoms with van der Waals surface area (Å²) in [5.74, 6) is 0.821. The van der Waals surface area contributed by atoms with Crippen LogP contribution in [-0.2, 0) is 0 Å². The Hall–Kier alpha value is -0.610. The van der Waals surface area contributed by atoms with Crippen molar-refractivity contribution in [2.24, 2.45) is 5.92 Å². The lowest BCUT2D eigenvalue weighted by Gasteiger charge is -2.33. The highest BCUT2D eigenvalue weighted by Gasteiger charge is 2.22. The molecule has 0 amide bonds. The van der Waals surface area contributed by atoms with Gasteiger partial charge in [0, 0.05) is 24.0 Å². The van der Waals surface area contributed by atoms with Crippen molar-refractivity contribution in [3.63, 3.8) is 0 Å². The van der Waals surface area contributed by atoms with E-state index in [1.807, 2.05) is 0 Å². The van der Waals surface area contributed by atoms with Crippen molar-refractivity contribution in [1.29, 1.82) is 0 Å². The molecule has 1 N–H and O–H groups in total. The Bertz CT molecular complexity index is 373. The van der Waals surface area contributed by atoms with Gasteiger partial charge in [-0.2, -0.15) is 0 Å². The summed E-state index contributed by atoms with van der Waals surface area (Å²) >= 11 is 1.77.